The number of ketones is 1. The lowest BCUT2D eigenvalue weighted by Gasteiger charge is -2.54. The molecule has 3 saturated carbocycles. The van der Waals surface area contributed by atoms with Gasteiger partial charge in [0.2, 0.25) is 1.43 Å². The van der Waals surface area contributed by atoms with E-state index in [0.717, 1.165) is 38.5 Å². The van der Waals surface area contributed by atoms with Crippen molar-refractivity contribution in [3.8, 4) is 12.3 Å². The second-order valence-corrected chi connectivity index (χ2v) is 8.27. The zero-order chi connectivity index (χ0) is 16.2. The topological polar surface area (TPSA) is 37.3 Å². The van der Waals surface area contributed by atoms with Crippen LogP contribution in [0.2, 0.25) is 0 Å². The molecule has 4 aliphatic rings. The molecule has 6 atom stereocenters. The molecule has 0 bridgehead atoms. The Morgan fingerprint density at radius 3 is 2.91 bits per heavy atom. The van der Waals surface area contributed by atoms with Crippen molar-refractivity contribution in [3.05, 3.63) is 11.6 Å². The van der Waals surface area contributed by atoms with Crippen molar-refractivity contribution in [2.45, 2.75) is 63.9 Å². The molecule has 3 fully saturated rings. The Labute approximate surface area is 134 Å². The van der Waals surface area contributed by atoms with E-state index in [9.17, 15) is 4.79 Å². The lowest BCUT2D eigenvalue weighted by atomic mass is 9.50. The van der Waals surface area contributed by atoms with E-state index >= 15 is 0 Å². The Morgan fingerprint density at radius 1 is 1.27 bits per heavy atom. The van der Waals surface area contributed by atoms with Crippen LogP contribution in [-0.2, 0) is 4.79 Å². The van der Waals surface area contributed by atoms with Gasteiger partial charge in [0, 0.05) is 11.8 Å². The summed E-state index contributed by atoms with van der Waals surface area (Å²) in [6.45, 7) is 2.27. The van der Waals surface area contributed by atoms with Gasteiger partial charge in [-0.25, -0.2) is 0 Å². The molecule has 0 aromatic carbocycles. The zero-order valence-electron chi connectivity index (χ0n) is 14.4. The van der Waals surface area contributed by atoms with Crippen molar-refractivity contribution in [3.63, 3.8) is 0 Å². The number of hydrogen-bond donors (Lipinski definition) is 1. The monoisotopic (exact) mass is 299 g/mol. The molecule has 0 unspecified atom stereocenters. The summed E-state index contributed by atoms with van der Waals surface area (Å²) in [6, 6.07) is 0. The van der Waals surface area contributed by atoms with Crippen LogP contribution < -0.4 is 0 Å². The van der Waals surface area contributed by atoms with Crippen LogP contribution in [0.4, 0.5) is 0 Å². The maximum atomic E-state index is 11.7. The van der Waals surface area contributed by atoms with Gasteiger partial charge in [0.15, 0.2) is 5.78 Å². The fraction of sp³-hybridized carbons (Fsp3) is 0.750. The Kier molecular flexibility index (Phi) is 2.87. The number of hydrogen-bond acceptors (Lipinski definition) is 2. The number of terminal acetylenes is 1. The van der Waals surface area contributed by atoms with Crippen LogP contribution in [0.25, 0.3) is 0 Å². The molecule has 2 nitrogen and oxygen atoms in total. The second-order valence-electron chi connectivity index (χ2n) is 8.27. The number of fused-ring (bicyclic) bond motifs is 5. The van der Waals surface area contributed by atoms with E-state index in [0.29, 0.717) is 29.5 Å². The van der Waals surface area contributed by atoms with E-state index in [1.165, 1.54) is 18.4 Å². The molecule has 4 rings (SSSR count). The van der Waals surface area contributed by atoms with Crippen LogP contribution in [0.3, 0.4) is 0 Å². The first-order chi connectivity index (χ1) is 11.0. The molecular weight excluding hydrogens is 272 g/mol. The highest BCUT2D eigenvalue weighted by Crippen LogP contribution is 2.64. The van der Waals surface area contributed by atoms with Crippen LogP contribution in [0, 0.1) is 41.4 Å². The Hall–Kier alpha value is -1.07. The third-order valence-corrected chi connectivity index (χ3v) is 7.65. The van der Waals surface area contributed by atoms with Crippen molar-refractivity contribution < 1.29 is 9.90 Å². The van der Waals surface area contributed by atoms with Gasteiger partial charge >= 0.3 is 0 Å². The highest BCUT2D eigenvalue weighted by molar-refractivity contribution is 5.91. The average Bonchev–Trinajstić information content (AvgIpc) is 2.87. The normalized spacial score (nSPS) is 51.0. The van der Waals surface area contributed by atoms with E-state index in [1.807, 2.05) is 6.08 Å². The predicted octanol–water partition coefficient (Wildman–Crippen LogP) is 3.49. The minimum Gasteiger partial charge on any atom is -0.377 e. The predicted molar refractivity (Wildman–Crippen MR) is 85.9 cm³/mol. The first-order valence-corrected chi connectivity index (χ1v) is 8.90. The summed E-state index contributed by atoms with van der Waals surface area (Å²) in [5.74, 6) is 5.77. The maximum Gasteiger partial charge on any atom is 0.212 e. The third-order valence-electron chi connectivity index (χ3n) is 7.65. The first kappa shape index (κ1) is 13.4. The van der Waals surface area contributed by atoms with Crippen LogP contribution in [0.15, 0.2) is 11.6 Å². The van der Waals surface area contributed by atoms with Crippen molar-refractivity contribution in [1.82, 2.24) is 0 Å². The van der Waals surface area contributed by atoms with Gasteiger partial charge in [0.1, 0.15) is 5.60 Å². The number of carbonyl (C=O) groups is 1. The molecule has 0 aliphatic heterocycles. The van der Waals surface area contributed by atoms with Gasteiger partial charge in [-0.1, -0.05) is 18.4 Å². The van der Waals surface area contributed by atoms with Crippen LogP contribution in [-0.4, -0.2) is 17.9 Å². The van der Waals surface area contributed by atoms with Gasteiger partial charge in [-0.2, -0.15) is 0 Å². The van der Waals surface area contributed by atoms with E-state index in [1.54, 1.807) is 0 Å². The van der Waals surface area contributed by atoms with Gasteiger partial charge in [-0.05, 0) is 74.7 Å². The van der Waals surface area contributed by atoms with Crippen molar-refractivity contribution in [2.75, 3.05) is 0 Å². The van der Waals surface area contributed by atoms with Crippen molar-refractivity contribution in [2.24, 2.45) is 29.1 Å². The van der Waals surface area contributed by atoms with Gasteiger partial charge in [-0.3, -0.25) is 4.79 Å². The summed E-state index contributed by atoms with van der Waals surface area (Å²) in [5, 5.41) is 5.18. The minimum absolute atomic E-state index is 0.0592. The molecule has 4 aliphatic carbocycles. The lowest BCUT2D eigenvalue weighted by Crippen LogP contribution is -2.52. The summed E-state index contributed by atoms with van der Waals surface area (Å²) < 4.78 is 7.61. The molecule has 0 radical (unpaired) electrons. The molecule has 0 aromatic rings. The minimum atomic E-state index is -0.693. The van der Waals surface area contributed by atoms with E-state index in [-0.39, 0.29) is 5.41 Å². The van der Waals surface area contributed by atoms with Gasteiger partial charge in [-0.15, -0.1) is 6.42 Å². The van der Waals surface area contributed by atoms with Crippen molar-refractivity contribution in [1.29, 1.82) is 1.43 Å². The third kappa shape index (κ3) is 1.75. The largest absolute Gasteiger partial charge is 0.377 e. The molecule has 118 valence electrons. The molecule has 0 spiro atoms. The highest BCUT2D eigenvalue weighted by Gasteiger charge is 2.61. The molecule has 2 heteroatoms. The fourth-order valence-corrected chi connectivity index (χ4v) is 6.42. The molecule has 22 heavy (non-hydrogen) atoms. The average molecular weight is 299 g/mol. The maximum absolute atomic E-state index is 11.7. The molecule has 0 saturated heterocycles. The lowest BCUT2D eigenvalue weighted by molar-refractivity contribution is -0.116. The van der Waals surface area contributed by atoms with Gasteiger partial charge < -0.3 is 5.11 Å². The summed E-state index contributed by atoms with van der Waals surface area (Å²) >= 11 is 0. The SMILES string of the molecule is [2H]O[C@@]1(C#C)CC[C@H]2[C@@H]3CCC4=CC(=O)CC[C@@H]4[C@H]3CC[C@@]21C. The van der Waals surface area contributed by atoms with Crippen LogP contribution in [0.1, 0.15) is 58.3 Å². The Morgan fingerprint density at radius 2 is 2.14 bits per heavy atom. The number of carbonyl (C=O) groups excluding carboxylic acids is 1. The summed E-state index contributed by atoms with van der Waals surface area (Å²) in [5.41, 5.74) is 0.668. The highest BCUT2D eigenvalue weighted by atomic mass is 16.3. The molecule has 0 amide bonds. The zero-order valence-corrected chi connectivity index (χ0v) is 13.4. The van der Waals surface area contributed by atoms with E-state index in [2.05, 4.69) is 12.8 Å². The van der Waals surface area contributed by atoms with E-state index < -0.39 is 5.60 Å². The van der Waals surface area contributed by atoms with Crippen molar-refractivity contribution >= 4 is 5.78 Å². The Balaban J connectivity index is 1.65. The standard InChI is InChI=1S/C20H26O2/c1-3-20(22)11-9-18-17-6-4-13-12-14(21)5-7-15(13)16(17)8-10-19(18,20)2/h1,12,15-18,22H,4-11H2,2H3/t15-,16+,17+,18-,19-,20-/m0/s1/i22D. The van der Waals surface area contributed by atoms with Gasteiger partial charge in [0.05, 0.1) is 0 Å². The number of aliphatic hydroxyl groups is 1. The summed E-state index contributed by atoms with van der Waals surface area (Å²) in [7, 11) is 0. The molecule has 0 aromatic heterocycles. The molecular formula is C20H26O2. The molecule has 1 N–H and O–H groups in total. The summed E-state index contributed by atoms with van der Waals surface area (Å²) in [4.78, 5) is 11.7. The first-order valence-electron chi connectivity index (χ1n) is 9.31. The summed E-state index contributed by atoms with van der Waals surface area (Å²) in [6.07, 6.45) is 15.9. The number of rotatable bonds is 1. The quantitative estimate of drug-likeness (QED) is 0.753. The fourth-order valence-electron chi connectivity index (χ4n) is 6.42. The molecule has 0 heterocycles. The van der Waals surface area contributed by atoms with Gasteiger partial charge in [0.25, 0.3) is 0 Å². The number of allylic oxidation sites excluding steroid dienone is 1. The Bertz CT molecular complexity index is 603. The second kappa shape index (κ2) is 4.71. The van der Waals surface area contributed by atoms with Crippen LogP contribution >= 0.6 is 0 Å². The smallest absolute Gasteiger partial charge is 0.212 e. The van der Waals surface area contributed by atoms with E-state index in [4.69, 9.17) is 13.0 Å². The van der Waals surface area contributed by atoms with Crippen LogP contribution in [0.5, 0.6) is 0 Å².